The van der Waals surface area contributed by atoms with Gasteiger partial charge in [-0.25, -0.2) is 15.0 Å². The van der Waals surface area contributed by atoms with Crippen LogP contribution >= 0.6 is 0 Å². The van der Waals surface area contributed by atoms with Gasteiger partial charge in [0.1, 0.15) is 0 Å². The summed E-state index contributed by atoms with van der Waals surface area (Å²) in [6.07, 6.45) is 0. The molecule has 0 amide bonds. The molecule has 0 saturated carbocycles. The summed E-state index contributed by atoms with van der Waals surface area (Å²) in [5, 5.41) is 11.9. The van der Waals surface area contributed by atoms with Crippen LogP contribution in [-0.4, -0.2) is 24.1 Å². The Bertz CT molecular complexity index is 3910. The lowest BCUT2D eigenvalue weighted by atomic mass is 10.0. The molecule has 0 bridgehead atoms. The molecule has 0 atom stereocenters. The second-order valence-electron chi connectivity index (χ2n) is 16.0. The minimum Gasteiger partial charge on any atom is -0.309 e. The summed E-state index contributed by atoms with van der Waals surface area (Å²) in [5.74, 6) is 1.94. The first-order valence-electron chi connectivity index (χ1n) is 21.0. The monoisotopic (exact) mass is 789 g/mol. The molecular weight excluding hydrogens is 755 g/mol. The highest BCUT2D eigenvalue weighted by atomic mass is 15.0. The van der Waals surface area contributed by atoms with Gasteiger partial charge in [0.15, 0.2) is 17.5 Å². The minimum atomic E-state index is 0.640. The van der Waals surface area contributed by atoms with Crippen LogP contribution in [0.25, 0.3) is 121 Å². The Morgan fingerprint density at radius 3 is 1.71 bits per heavy atom. The van der Waals surface area contributed by atoms with Crippen molar-refractivity contribution in [2.24, 2.45) is 0 Å². The Labute approximate surface area is 356 Å². The van der Waals surface area contributed by atoms with Gasteiger partial charge in [0.2, 0.25) is 0 Å². The molecule has 10 aromatic carbocycles. The number of hydrogen-bond donors (Lipinski definition) is 0. The maximum absolute atomic E-state index is 5.14. The third-order valence-corrected chi connectivity index (χ3v) is 12.5. The van der Waals surface area contributed by atoms with E-state index in [1.165, 1.54) is 54.4 Å². The lowest BCUT2D eigenvalue weighted by Gasteiger charge is -2.12. The number of fused-ring (bicyclic) bond motifs is 10. The van der Waals surface area contributed by atoms with E-state index in [0.717, 1.165) is 49.6 Å². The predicted molar refractivity (Wildman–Crippen MR) is 257 cm³/mol. The topological polar surface area (TPSA) is 48.5 Å². The van der Waals surface area contributed by atoms with Crippen LogP contribution in [-0.2, 0) is 0 Å². The fourth-order valence-corrected chi connectivity index (χ4v) is 9.64. The molecule has 0 radical (unpaired) electrons. The highest BCUT2D eigenvalue weighted by Gasteiger charge is 2.20. The lowest BCUT2D eigenvalue weighted by Crippen LogP contribution is -2.00. The van der Waals surface area contributed by atoms with Gasteiger partial charge in [-0.2, -0.15) is 0 Å². The number of aromatic nitrogens is 5. The highest BCUT2D eigenvalue weighted by Crippen LogP contribution is 2.42. The fraction of sp³-hybridized carbons (Fsp3) is 0. The van der Waals surface area contributed by atoms with E-state index in [1.807, 2.05) is 18.2 Å². The quantitative estimate of drug-likeness (QED) is 0.174. The predicted octanol–water partition coefficient (Wildman–Crippen LogP) is 14.5. The first kappa shape index (κ1) is 34.5. The summed E-state index contributed by atoms with van der Waals surface area (Å²) in [5.41, 5.74) is 9.86. The van der Waals surface area contributed by atoms with E-state index in [4.69, 9.17) is 15.0 Å². The molecule has 0 aliphatic carbocycles. The summed E-state index contributed by atoms with van der Waals surface area (Å²) in [6.45, 7) is 0. The zero-order valence-electron chi connectivity index (χ0n) is 33.4. The van der Waals surface area contributed by atoms with Crippen molar-refractivity contribution < 1.29 is 0 Å². The molecule has 3 aromatic heterocycles. The van der Waals surface area contributed by atoms with E-state index >= 15 is 0 Å². The van der Waals surface area contributed by atoms with Crippen LogP contribution < -0.4 is 0 Å². The first-order chi connectivity index (χ1) is 30.7. The normalized spacial score (nSPS) is 11.9. The molecule has 288 valence electrons. The summed E-state index contributed by atoms with van der Waals surface area (Å²) < 4.78 is 4.88. The van der Waals surface area contributed by atoms with Crippen LogP contribution in [0, 0.1) is 0 Å². The van der Waals surface area contributed by atoms with Crippen molar-refractivity contribution in [2.75, 3.05) is 0 Å². The smallest absolute Gasteiger partial charge is 0.164 e. The average Bonchev–Trinajstić information content (AvgIpc) is 3.85. The zero-order valence-corrected chi connectivity index (χ0v) is 33.4. The number of hydrogen-bond acceptors (Lipinski definition) is 3. The zero-order chi connectivity index (χ0) is 40.7. The van der Waals surface area contributed by atoms with E-state index in [-0.39, 0.29) is 0 Å². The summed E-state index contributed by atoms with van der Waals surface area (Å²) >= 11 is 0. The summed E-state index contributed by atoms with van der Waals surface area (Å²) in [6, 6.07) is 75.8. The molecule has 0 fully saturated rings. The van der Waals surface area contributed by atoms with Gasteiger partial charge in [0.05, 0.1) is 22.1 Å². The Morgan fingerprint density at radius 1 is 0.274 bits per heavy atom. The molecule has 62 heavy (non-hydrogen) atoms. The van der Waals surface area contributed by atoms with Gasteiger partial charge in [0, 0.05) is 55.0 Å². The van der Waals surface area contributed by atoms with Crippen molar-refractivity contribution in [2.45, 2.75) is 0 Å². The van der Waals surface area contributed by atoms with Gasteiger partial charge < -0.3 is 9.13 Å². The second-order valence-corrected chi connectivity index (χ2v) is 16.0. The highest BCUT2D eigenvalue weighted by molar-refractivity contribution is 6.23. The third-order valence-electron chi connectivity index (χ3n) is 12.5. The maximum Gasteiger partial charge on any atom is 0.164 e. The minimum absolute atomic E-state index is 0.640. The first-order valence-corrected chi connectivity index (χ1v) is 21.0. The standard InChI is InChI=1S/C57H35N5/c1-3-16-38(17-4-1)55-58-56(60-57(59-55)48-24-13-18-36-14-7-9-21-44(36)48)41-27-26-40-33-43(30-28-39(40)32-41)61-51-25-12-11-23-46(51)49-34-50-47-31-29-37-15-8-10-22-45(37)54(47)62(53(50)35-52(49)61)42-19-5-2-6-20-42/h1-35H. The van der Waals surface area contributed by atoms with E-state index in [1.54, 1.807) is 0 Å². The van der Waals surface area contributed by atoms with Gasteiger partial charge in [-0.15, -0.1) is 0 Å². The van der Waals surface area contributed by atoms with E-state index < -0.39 is 0 Å². The Balaban J connectivity index is 0.994. The average molecular weight is 790 g/mol. The van der Waals surface area contributed by atoms with Crippen molar-refractivity contribution in [1.29, 1.82) is 0 Å². The lowest BCUT2D eigenvalue weighted by molar-refractivity contribution is 1.08. The number of para-hydroxylation sites is 2. The van der Waals surface area contributed by atoms with Crippen LogP contribution in [0.1, 0.15) is 0 Å². The molecule has 5 heteroatoms. The SMILES string of the molecule is c1ccc(-c2nc(-c3ccc4cc(-n5c6ccccc6c6cc7c8ccc9ccccc9c8n(-c8ccccc8)c7cc65)ccc4c3)nc(-c3cccc4ccccc34)n2)cc1. The van der Waals surface area contributed by atoms with Crippen LogP contribution in [0.5, 0.6) is 0 Å². The van der Waals surface area contributed by atoms with Crippen molar-refractivity contribution in [1.82, 2.24) is 24.1 Å². The van der Waals surface area contributed by atoms with E-state index in [9.17, 15) is 0 Å². The largest absolute Gasteiger partial charge is 0.309 e. The Kier molecular flexibility index (Phi) is 7.54. The molecule has 5 nitrogen and oxygen atoms in total. The van der Waals surface area contributed by atoms with Gasteiger partial charge in [-0.1, -0.05) is 164 Å². The van der Waals surface area contributed by atoms with Crippen LogP contribution in [0.4, 0.5) is 0 Å². The Morgan fingerprint density at radius 2 is 0.871 bits per heavy atom. The molecule has 0 spiro atoms. The van der Waals surface area contributed by atoms with Crippen LogP contribution in [0.15, 0.2) is 212 Å². The van der Waals surface area contributed by atoms with Gasteiger partial charge >= 0.3 is 0 Å². The van der Waals surface area contributed by atoms with Crippen molar-refractivity contribution >= 4 is 75.9 Å². The number of benzene rings is 10. The van der Waals surface area contributed by atoms with E-state index in [0.29, 0.717) is 17.5 Å². The Hall–Kier alpha value is -8.41. The molecule has 13 rings (SSSR count). The molecule has 0 N–H and O–H groups in total. The molecule has 0 aliphatic heterocycles. The van der Waals surface area contributed by atoms with Gasteiger partial charge in [-0.05, 0) is 75.5 Å². The number of nitrogens with zero attached hydrogens (tertiary/aromatic N) is 5. The van der Waals surface area contributed by atoms with Crippen LogP contribution in [0.2, 0.25) is 0 Å². The molecule has 0 saturated heterocycles. The maximum atomic E-state index is 5.14. The van der Waals surface area contributed by atoms with Gasteiger partial charge in [-0.3, -0.25) is 0 Å². The molecule has 13 aromatic rings. The van der Waals surface area contributed by atoms with Crippen molar-refractivity contribution in [3.05, 3.63) is 212 Å². The molecule has 0 aliphatic rings. The molecular formula is C57H35N5. The third kappa shape index (κ3) is 5.32. The van der Waals surface area contributed by atoms with Crippen molar-refractivity contribution in [3.8, 4) is 45.5 Å². The summed E-state index contributed by atoms with van der Waals surface area (Å²) in [4.78, 5) is 15.3. The van der Waals surface area contributed by atoms with Crippen LogP contribution in [0.3, 0.4) is 0 Å². The van der Waals surface area contributed by atoms with Crippen molar-refractivity contribution in [3.63, 3.8) is 0 Å². The number of rotatable bonds is 5. The van der Waals surface area contributed by atoms with E-state index in [2.05, 4.69) is 203 Å². The van der Waals surface area contributed by atoms with Gasteiger partial charge in [0.25, 0.3) is 0 Å². The summed E-state index contributed by atoms with van der Waals surface area (Å²) in [7, 11) is 0. The second kappa shape index (κ2) is 13.6. The molecule has 3 heterocycles. The fourth-order valence-electron chi connectivity index (χ4n) is 9.64. The molecule has 0 unspecified atom stereocenters.